The number of hydrogen-bond acceptors (Lipinski definition) is 0. The molecule has 66 valence electrons. The molecular weight excluding hydrogens is 132 g/mol. The Hall–Kier alpha value is 0. The van der Waals surface area contributed by atoms with Crippen LogP contribution in [0.25, 0.3) is 0 Å². The molecule has 0 aromatic rings. The van der Waals surface area contributed by atoms with E-state index in [9.17, 15) is 0 Å². The summed E-state index contributed by atoms with van der Waals surface area (Å²) in [4.78, 5) is 0. The highest BCUT2D eigenvalue weighted by atomic mass is 14.3. The van der Waals surface area contributed by atoms with Gasteiger partial charge in [0.1, 0.15) is 0 Å². The monoisotopic (exact) mass is 156 g/mol. The molecule has 0 heterocycles. The second kappa shape index (κ2) is 3.60. The van der Waals surface area contributed by atoms with Crippen molar-refractivity contribution >= 4 is 0 Å². The Kier molecular flexibility index (Phi) is 2.13. The molecule has 0 N–H and O–H groups in total. The first kappa shape index (κ1) is 6.51. The largest absolute Gasteiger partial charge is 0.0649 e. The highest BCUT2D eigenvalue weighted by Crippen LogP contribution is 2.40. The van der Waals surface area contributed by atoms with Gasteiger partial charge in [-0.15, -0.1) is 0 Å². The summed E-state index contributed by atoms with van der Waals surface area (Å²) in [5.74, 6) is 0.584. The maximum absolute atomic E-state index is 7.84. The molecule has 0 spiro atoms. The van der Waals surface area contributed by atoms with Gasteiger partial charge in [0, 0.05) is 2.74 Å². The molecule has 1 aliphatic carbocycles. The summed E-state index contributed by atoms with van der Waals surface area (Å²) >= 11 is 0. The van der Waals surface area contributed by atoms with Crippen LogP contribution < -0.4 is 0 Å². The van der Waals surface area contributed by atoms with Gasteiger partial charge in [-0.05, 0) is 24.2 Å². The van der Waals surface area contributed by atoms with E-state index < -0.39 is 6.37 Å². The van der Waals surface area contributed by atoms with Crippen molar-refractivity contribution in [3.8, 4) is 0 Å². The van der Waals surface area contributed by atoms with Crippen LogP contribution in [0.15, 0.2) is 0 Å². The molecule has 0 aliphatic heterocycles. The van der Waals surface area contributed by atoms with Crippen LogP contribution in [0.3, 0.4) is 0 Å². The topological polar surface area (TPSA) is 0 Å². The van der Waals surface area contributed by atoms with Gasteiger partial charge in [-0.3, -0.25) is 0 Å². The van der Waals surface area contributed by atoms with Crippen LogP contribution in [0, 0.1) is 11.3 Å². The van der Waals surface area contributed by atoms with E-state index in [1.54, 1.807) is 6.92 Å². The van der Waals surface area contributed by atoms with Crippen molar-refractivity contribution in [2.24, 2.45) is 11.3 Å². The van der Waals surface area contributed by atoms with Gasteiger partial charge in [-0.25, -0.2) is 0 Å². The van der Waals surface area contributed by atoms with Crippen molar-refractivity contribution in [3.05, 3.63) is 0 Å². The third kappa shape index (κ3) is 2.21. The quantitative estimate of drug-likeness (QED) is 0.567. The van der Waals surface area contributed by atoms with Crippen molar-refractivity contribution in [1.29, 1.82) is 0 Å². The van der Waals surface area contributed by atoms with Crippen molar-refractivity contribution in [3.63, 3.8) is 0 Å². The molecule has 11 heavy (non-hydrogen) atoms. The lowest BCUT2D eigenvalue weighted by atomic mass is 9.70. The molecule has 0 amide bonds. The smallest absolute Gasteiger partial charge is 0.0269 e. The SMILES string of the molecule is [2H]C([2H])(C)C(C)(C)C1CCCCC1. The molecule has 0 nitrogen and oxygen atoms in total. The Labute approximate surface area is 74.2 Å². The predicted molar refractivity (Wildman–Crippen MR) is 50.6 cm³/mol. The minimum atomic E-state index is -1.05. The third-order valence-corrected chi connectivity index (χ3v) is 3.27. The zero-order valence-corrected chi connectivity index (χ0v) is 8.11. The van der Waals surface area contributed by atoms with Gasteiger partial charge in [0.25, 0.3) is 0 Å². The fourth-order valence-corrected chi connectivity index (χ4v) is 2.03. The summed E-state index contributed by atoms with van der Waals surface area (Å²) < 4.78 is 15.7. The van der Waals surface area contributed by atoms with Crippen LogP contribution in [0.5, 0.6) is 0 Å². The van der Waals surface area contributed by atoms with E-state index in [4.69, 9.17) is 2.74 Å². The van der Waals surface area contributed by atoms with E-state index in [1.807, 2.05) is 0 Å². The van der Waals surface area contributed by atoms with Crippen molar-refractivity contribution in [2.45, 2.75) is 59.2 Å². The molecule has 0 atom stereocenters. The number of rotatable bonds is 2. The fourth-order valence-electron chi connectivity index (χ4n) is 2.03. The van der Waals surface area contributed by atoms with Crippen molar-refractivity contribution in [2.75, 3.05) is 0 Å². The second-order valence-corrected chi connectivity index (χ2v) is 4.31. The highest BCUT2D eigenvalue weighted by molar-refractivity contribution is 4.79. The zero-order chi connectivity index (χ0) is 10.1. The standard InChI is InChI=1S/C11H22/c1-4-11(2,3)10-8-6-5-7-9-10/h10H,4-9H2,1-3H3/i4D2. The Morgan fingerprint density at radius 2 is 1.82 bits per heavy atom. The third-order valence-electron chi connectivity index (χ3n) is 3.27. The minimum absolute atomic E-state index is 0.159. The summed E-state index contributed by atoms with van der Waals surface area (Å²) in [6.45, 7) is 5.90. The molecule has 0 radical (unpaired) electrons. The average Bonchev–Trinajstić information content (AvgIpc) is 2.04. The first-order valence-corrected chi connectivity index (χ1v) is 4.86. The molecule has 0 bridgehead atoms. The van der Waals surface area contributed by atoms with E-state index >= 15 is 0 Å². The van der Waals surface area contributed by atoms with Gasteiger partial charge < -0.3 is 0 Å². The molecule has 0 heteroatoms. The van der Waals surface area contributed by atoms with Crippen LogP contribution in [0.2, 0.25) is 0 Å². The predicted octanol–water partition coefficient (Wildman–Crippen LogP) is 4.00. The fraction of sp³-hybridized carbons (Fsp3) is 1.00. The summed E-state index contributed by atoms with van der Waals surface area (Å²) in [7, 11) is 0. The molecule has 1 saturated carbocycles. The molecule has 0 aromatic heterocycles. The second-order valence-electron chi connectivity index (χ2n) is 4.31. The lowest BCUT2D eigenvalue weighted by molar-refractivity contribution is 0.152. The van der Waals surface area contributed by atoms with Crippen molar-refractivity contribution in [1.82, 2.24) is 0 Å². The Morgan fingerprint density at radius 1 is 1.27 bits per heavy atom. The molecule has 0 unspecified atom stereocenters. The normalized spacial score (nSPS) is 26.1. The van der Waals surface area contributed by atoms with E-state index in [0.717, 1.165) is 0 Å². The molecule has 1 rings (SSSR count). The first-order valence-electron chi connectivity index (χ1n) is 5.86. The highest BCUT2D eigenvalue weighted by Gasteiger charge is 2.28. The van der Waals surface area contributed by atoms with Crippen LogP contribution in [-0.4, -0.2) is 0 Å². The number of hydrogen-bond donors (Lipinski definition) is 0. The minimum Gasteiger partial charge on any atom is -0.0649 e. The van der Waals surface area contributed by atoms with E-state index in [-0.39, 0.29) is 5.41 Å². The van der Waals surface area contributed by atoms with Gasteiger partial charge in [0.15, 0.2) is 0 Å². The first-order chi connectivity index (χ1) is 5.86. The zero-order valence-electron chi connectivity index (χ0n) is 10.1. The Balaban J connectivity index is 2.67. The van der Waals surface area contributed by atoms with Gasteiger partial charge >= 0.3 is 0 Å². The van der Waals surface area contributed by atoms with Gasteiger partial charge in [0.05, 0.1) is 0 Å². The van der Waals surface area contributed by atoms with E-state index in [0.29, 0.717) is 5.92 Å². The summed E-state index contributed by atoms with van der Waals surface area (Å²) in [5.41, 5.74) is -0.159. The molecular formula is C11H22. The summed E-state index contributed by atoms with van der Waals surface area (Å²) in [5, 5.41) is 0. The van der Waals surface area contributed by atoms with Gasteiger partial charge in [-0.2, -0.15) is 0 Å². The average molecular weight is 156 g/mol. The van der Waals surface area contributed by atoms with Gasteiger partial charge in [0.2, 0.25) is 0 Å². The maximum Gasteiger partial charge on any atom is 0.0269 e. The van der Waals surface area contributed by atoms with Crippen LogP contribution >= 0.6 is 0 Å². The maximum atomic E-state index is 7.84. The van der Waals surface area contributed by atoms with Crippen molar-refractivity contribution < 1.29 is 2.74 Å². The lowest BCUT2D eigenvalue weighted by Crippen LogP contribution is -2.25. The Bertz CT molecular complexity index is 161. The van der Waals surface area contributed by atoms with Crippen LogP contribution in [-0.2, 0) is 0 Å². The van der Waals surface area contributed by atoms with Gasteiger partial charge in [-0.1, -0.05) is 46.4 Å². The molecule has 1 fully saturated rings. The van der Waals surface area contributed by atoms with Crippen LogP contribution in [0.4, 0.5) is 0 Å². The van der Waals surface area contributed by atoms with E-state index in [1.165, 1.54) is 32.1 Å². The lowest BCUT2D eigenvalue weighted by Gasteiger charge is -2.36. The molecule has 1 aliphatic rings. The Morgan fingerprint density at radius 3 is 2.27 bits per heavy atom. The van der Waals surface area contributed by atoms with Crippen LogP contribution in [0.1, 0.15) is 62.0 Å². The molecule has 0 aromatic carbocycles. The summed E-state index contributed by atoms with van der Waals surface area (Å²) in [6.07, 6.45) is 5.34. The summed E-state index contributed by atoms with van der Waals surface area (Å²) in [6, 6.07) is 0. The molecule has 0 saturated heterocycles. The van der Waals surface area contributed by atoms with E-state index in [2.05, 4.69) is 13.8 Å².